The summed E-state index contributed by atoms with van der Waals surface area (Å²) in [6.07, 6.45) is 1.77. The average molecular weight is 423 g/mol. The molecule has 3 aliphatic rings. The number of benzene rings is 2. The molecule has 154 valence electrons. The van der Waals surface area contributed by atoms with Crippen molar-refractivity contribution in [1.29, 1.82) is 0 Å². The summed E-state index contributed by atoms with van der Waals surface area (Å²) in [5.74, 6) is -1.61. The third-order valence-corrected chi connectivity index (χ3v) is 7.25. The van der Waals surface area contributed by atoms with E-state index in [2.05, 4.69) is 4.90 Å². The van der Waals surface area contributed by atoms with E-state index in [4.69, 9.17) is 11.6 Å². The van der Waals surface area contributed by atoms with Crippen LogP contribution in [0.2, 0.25) is 5.02 Å². The van der Waals surface area contributed by atoms with E-state index in [1.54, 1.807) is 24.3 Å². The summed E-state index contributed by atoms with van der Waals surface area (Å²) in [5.41, 5.74) is 3.27. The van der Waals surface area contributed by atoms with Crippen LogP contribution in [-0.2, 0) is 9.59 Å². The van der Waals surface area contributed by atoms with Gasteiger partial charge in [0.05, 0.1) is 23.6 Å². The Hall–Kier alpha value is -2.50. The summed E-state index contributed by atoms with van der Waals surface area (Å²) < 4.78 is 0. The highest BCUT2D eigenvalue weighted by atomic mass is 35.5. The number of amides is 2. The molecule has 0 saturated carbocycles. The van der Waals surface area contributed by atoms with Crippen molar-refractivity contribution in [3.63, 3.8) is 0 Å². The van der Waals surface area contributed by atoms with Crippen molar-refractivity contribution in [2.45, 2.75) is 38.8 Å². The Labute approximate surface area is 180 Å². The molecule has 0 N–H and O–H groups in total. The highest BCUT2D eigenvalue weighted by molar-refractivity contribution is 6.30. The van der Waals surface area contributed by atoms with Crippen LogP contribution in [0, 0.1) is 25.7 Å². The van der Waals surface area contributed by atoms with Gasteiger partial charge in [0.2, 0.25) is 11.8 Å². The van der Waals surface area contributed by atoms with E-state index in [0.29, 0.717) is 16.3 Å². The molecule has 0 bridgehead atoms. The van der Waals surface area contributed by atoms with Gasteiger partial charge in [-0.2, -0.15) is 0 Å². The number of imide groups is 1. The number of nitrogens with zero attached hydrogens (tertiary/aromatic N) is 2. The first kappa shape index (κ1) is 19.5. The molecule has 2 amide bonds. The van der Waals surface area contributed by atoms with Crippen LogP contribution in [0.3, 0.4) is 0 Å². The van der Waals surface area contributed by atoms with Crippen LogP contribution < -0.4 is 4.90 Å². The predicted molar refractivity (Wildman–Crippen MR) is 115 cm³/mol. The molecule has 3 aliphatic heterocycles. The number of halogens is 1. The van der Waals surface area contributed by atoms with Crippen LogP contribution in [-0.4, -0.2) is 41.1 Å². The zero-order valence-electron chi connectivity index (χ0n) is 17.0. The Bertz CT molecular complexity index is 1060. The van der Waals surface area contributed by atoms with Crippen molar-refractivity contribution in [1.82, 2.24) is 4.90 Å². The Morgan fingerprint density at radius 3 is 2.37 bits per heavy atom. The molecule has 0 radical (unpaired) electrons. The maximum Gasteiger partial charge on any atom is 0.239 e. The van der Waals surface area contributed by atoms with Crippen LogP contribution in [0.5, 0.6) is 0 Å². The minimum atomic E-state index is -0.632. The Morgan fingerprint density at radius 1 is 0.967 bits per heavy atom. The number of rotatable bonds is 3. The van der Waals surface area contributed by atoms with E-state index in [1.165, 1.54) is 4.90 Å². The average Bonchev–Trinajstić information content (AvgIpc) is 3.36. The lowest BCUT2D eigenvalue weighted by Gasteiger charge is -2.27. The maximum absolute atomic E-state index is 13.5. The first-order valence-corrected chi connectivity index (χ1v) is 10.8. The number of carbonyl (C=O) groups is 3. The first-order chi connectivity index (χ1) is 14.4. The second-order valence-electron chi connectivity index (χ2n) is 8.60. The number of carbonyl (C=O) groups excluding carboxylic acids is 3. The molecule has 6 heteroatoms. The second kappa shape index (κ2) is 7.03. The molecule has 30 heavy (non-hydrogen) atoms. The largest absolute Gasteiger partial charge is 0.292 e. The van der Waals surface area contributed by atoms with Crippen molar-refractivity contribution in [2.75, 3.05) is 11.4 Å². The molecular weight excluding hydrogens is 400 g/mol. The van der Waals surface area contributed by atoms with Crippen LogP contribution >= 0.6 is 11.6 Å². The normalized spacial score (nSPS) is 28.2. The molecule has 2 aromatic carbocycles. The third kappa shape index (κ3) is 2.76. The highest BCUT2D eigenvalue weighted by Crippen LogP contribution is 2.48. The van der Waals surface area contributed by atoms with Gasteiger partial charge < -0.3 is 0 Å². The molecule has 3 fully saturated rings. The van der Waals surface area contributed by atoms with Gasteiger partial charge >= 0.3 is 0 Å². The van der Waals surface area contributed by atoms with Gasteiger partial charge in [-0.15, -0.1) is 0 Å². The number of fused-ring (bicyclic) bond motifs is 3. The van der Waals surface area contributed by atoms with Crippen LogP contribution in [0.1, 0.15) is 34.3 Å². The third-order valence-electron chi connectivity index (χ3n) is 7.00. The molecule has 0 spiro atoms. The fourth-order valence-corrected chi connectivity index (χ4v) is 5.55. The van der Waals surface area contributed by atoms with Gasteiger partial charge in [-0.1, -0.05) is 17.7 Å². The summed E-state index contributed by atoms with van der Waals surface area (Å²) in [4.78, 5) is 43.9. The monoisotopic (exact) mass is 422 g/mol. The number of aryl methyl sites for hydroxylation is 2. The SMILES string of the molecule is Cc1ccc(N2C(=O)[C@H]3[C@H](C2=O)[C@@H](C(=O)c2ccc(Cl)cc2)N2CCC[C@H]32)cc1C. The number of hydrogen-bond acceptors (Lipinski definition) is 4. The van der Waals surface area contributed by atoms with Crippen molar-refractivity contribution in [3.05, 3.63) is 64.2 Å². The molecule has 0 aliphatic carbocycles. The van der Waals surface area contributed by atoms with Gasteiger partial charge in [0.15, 0.2) is 5.78 Å². The number of anilines is 1. The minimum Gasteiger partial charge on any atom is -0.292 e. The molecule has 2 aromatic rings. The standard InChI is InChI=1S/C24H23ClN2O3/c1-13-5-10-17(12-14(13)2)27-23(29)19-18-4-3-11-26(18)21(20(19)24(27)30)22(28)15-6-8-16(25)9-7-15/h5-10,12,18-21H,3-4,11H2,1-2H3/t18-,19-,20+,21+/m1/s1. The number of ketones is 1. The zero-order chi connectivity index (χ0) is 21.2. The van der Waals surface area contributed by atoms with Gasteiger partial charge in [0, 0.05) is 16.6 Å². The van der Waals surface area contributed by atoms with E-state index < -0.39 is 17.9 Å². The van der Waals surface area contributed by atoms with E-state index in [0.717, 1.165) is 30.5 Å². The molecule has 0 unspecified atom stereocenters. The topological polar surface area (TPSA) is 57.7 Å². The molecule has 3 heterocycles. The summed E-state index contributed by atoms with van der Waals surface area (Å²) in [6.45, 7) is 4.71. The van der Waals surface area contributed by atoms with Crippen molar-refractivity contribution < 1.29 is 14.4 Å². The number of Topliss-reactive ketones (excluding diaryl/α,β-unsaturated/α-hetero) is 1. The van der Waals surface area contributed by atoms with Gasteiger partial charge in [-0.3, -0.25) is 19.3 Å². The lowest BCUT2D eigenvalue weighted by Crippen LogP contribution is -2.46. The summed E-state index contributed by atoms with van der Waals surface area (Å²) >= 11 is 5.98. The molecule has 4 atom stereocenters. The predicted octanol–water partition coefficient (Wildman–Crippen LogP) is 3.79. The van der Waals surface area contributed by atoms with Crippen molar-refractivity contribution in [3.8, 4) is 0 Å². The molecule has 5 rings (SSSR count). The lowest BCUT2D eigenvalue weighted by molar-refractivity contribution is -0.123. The lowest BCUT2D eigenvalue weighted by atomic mass is 9.85. The van der Waals surface area contributed by atoms with Gasteiger partial charge in [0.25, 0.3) is 0 Å². The van der Waals surface area contributed by atoms with Crippen LogP contribution in [0.4, 0.5) is 5.69 Å². The summed E-state index contributed by atoms with van der Waals surface area (Å²) in [7, 11) is 0. The van der Waals surface area contributed by atoms with E-state index >= 15 is 0 Å². The quantitative estimate of drug-likeness (QED) is 0.557. The fraction of sp³-hybridized carbons (Fsp3) is 0.375. The van der Waals surface area contributed by atoms with Crippen molar-refractivity contribution >= 4 is 34.9 Å². The molecule has 3 saturated heterocycles. The van der Waals surface area contributed by atoms with E-state index in [1.807, 2.05) is 32.0 Å². The van der Waals surface area contributed by atoms with Crippen molar-refractivity contribution in [2.24, 2.45) is 11.8 Å². The Kier molecular flexibility index (Phi) is 4.56. The maximum atomic E-state index is 13.5. The molecular formula is C24H23ClN2O3. The van der Waals surface area contributed by atoms with Gasteiger partial charge in [-0.25, -0.2) is 4.90 Å². The molecule has 5 nitrogen and oxygen atoms in total. The summed E-state index contributed by atoms with van der Waals surface area (Å²) in [5, 5.41) is 0.558. The Balaban J connectivity index is 1.55. The second-order valence-corrected chi connectivity index (χ2v) is 9.03. The minimum absolute atomic E-state index is 0.0516. The molecule has 0 aromatic heterocycles. The smallest absolute Gasteiger partial charge is 0.239 e. The Morgan fingerprint density at radius 2 is 1.67 bits per heavy atom. The zero-order valence-corrected chi connectivity index (χ0v) is 17.7. The van der Waals surface area contributed by atoms with E-state index in [-0.39, 0.29) is 23.6 Å². The van der Waals surface area contributed by atoms with Crippen LogP contribution in [0.15, 0.2) is 42.5 Å². The van der Waals surface area contributed by atoms with Crippen LogP contribution in [0.25, 0.3) is 0 Å². The summed E-state index contributed by atoms with van der Waals surface area (Å²) in [6, 6.07) is 11.8. The fourth-order valence-electron chi connectivity index (χ4n) is 5.42. The number of hydrogen-bond donors (Lipinski definition) is 0. The first-order valence-electron chi connectivity index (χ1n) is 10.4. The van der Waals surface area contributed by atoms with Gasteiger partial charge in [0.1, 0.15) is 0 Å². The van der Waals surface area contributed by atoms with Gasteiger partial charge in [-0.05, 0) is 80.8 Å². The highest BCUT2D eigenvalue weighted by Gasteiger charge is 2.64. The van der Waals surface area contributed by atoms with E-state index in [9.17, 15) is 14.4 Å².